The average molecular weight is 787 g/mol. The molecule has 11 rings (SSSR count). The third-order valence-corrected chi connectivity index (χ3v) is 15.8. The van der Waals surface area contributed by atoms with Gasteiger partial charge in [0.1, 0.15) is 0 Å². The van der Waals surface area contributed by atoms with Gasteiger partial charge in [0.15, 0.2) is 0 Å². The Morgan fingerprint density at radius 1 is 0.614 bits per heavy atom. The number of thiophene rings is 1. The molecule has 9 aromatic rings. The number of hydrogen-bond donors (Lipinski definition) is 0. The van der Waals surface area contributed by atoms with E-state index in [1.807, 2.05) is 53.1 Å². The molecule has 0 radical (unpaired) electrons. The van der Waals surface area contributed by atoms with Crippen LogP contribution in [0.5, 0.6) is 0 Å². The van der Waals surface area contributed by atoms with Crippen LogP contribution in [0.3, 0.4) is 0 Å². The van der Waals surface area contributed by atoms with Crippen LogP contribution in [0.15, 0.2) is 172 Å². The fourth-order valence-electron chi connectivity index (χ4n) is 9.64. The molecule has 1 aliphatic carbocycles. The minimum Gasteiger partial charge on any atom is -0.309 e. The molecule has 5 heteroatoms. The highest BCUT2D eigenvalue weighted by Gasteiger charge is 2.39. The maximum atomic E-state index is 4.28. The van der Waals surface area contributed by atoms with Crippen LogP contribution in [0, 0.1) is 0 Å². The molecule has 2 aliphatic rings. The highest BCUT2D eigenvalue weighted by Crippen LogP contribution is 2.56. The smallest absolute Gasteiger partial charge is 0.0692 e. The first kappa shape index (κ1) is 34.5. The molecular weight excluding hydrogens is 749 g/mol. The van der Waals surface area contributed by atoms with Gasteiger partial charge in [-0.25, -0.2) is 0 Å². The molecule has 0 amide bonds. The van der Waals surface area contributed by atoms with E-state index in [0.717, 1.165) is 11.4 Å². The predicted molar refractivity (Wildman–Crippen MR) is 250 cm³/mol. The third kappa shape index (κ3) is 4.74. The zero-order valence-corrected chi connectivity index (χ0v) is 34.5. The number of allylic oxidation sites excluding steroid dienone is 5. The summed E-state index contributed by atoms with van der Waals surface area (Å²) in [6.45, 7) is 19.5. The maximum absolute atomic E-state index is 4.28. The molecule has 0 unspecified atom stereocenters. The van der Waals surface area contributed by atoms with Gasteiger partial charge < -0.3 is 9.13 Å². The van der Waals surface area contributed by atoms with Gasteiger partial charge in [0.25, 0.3) is 0 Å². The molecule has 4 heterocycles. The Labute approximate surface area is 344 Å². The van der Waals surface area contributed by atoms with Crippen molar-refractivity contribution in [3.63, 3.8) is 0 Å². The molecular formula is C52H38N2S3. The van der Waals surface area contributed by atoms with E-state index in [1.165, 1.54) is 106 Å². The van der Waals surface area contributed by atoms with Crippen LogP contribution >= 0.6 is 34.9 Å². The van der Waals surface area contributed by atoms with E-state index in [4.69, 9.17) is 0 Å². The number of rotatable bonds is 6. The van der Waals surface area contributed by atoms with Gasteiger partial charge in [-0.1, -0.05) is 124 Å². The SMILES string of the molecule is C=CC1=C(C=C)C(C)(C)c2c1ccc1c2c2ccc3c(c2n1-c1ccc2c(c1)c1ccccc1n2-c1ccc2sc(/C=C\C)c(C=C)c2c1)Sc1ccccc1S3. The summed E-state index contributed by atoms with van der Waals surface area (Å²) >= 11 is 5.59. The maximum Gasteiger partial charge on any atom is 0.0692 e. The fraction of sp³-hybridized carbons (Fsp3) is 0.0769. The van der Waals surface area contributed by atoms with Gasteiger partial charge in [-0.15, -0.1) is 11.3 Å². The zero-order valence-electron chi connectivity index (χ0n) is 32.0. The summed E-state index contributed by atoms with van der Waals surface area (Å²) in [5.41, 5.74) is 13.1. The van der Waals surface area contributed by atoms with Gasteiger partial charge in [0, 0.05) is 68.0 Å². The second-order valence-corrected chi connectivity index (χ2v) is 18.6. The van der Waals surface area contributed by atoms with E-state index in [2.05, 4.69) is 171 Å². The van der Waals surface area contributed by atoms with Gasteiger partial charge in [-0.05, 0) is 108 Å². The van der Waals surface area contributed by atoms with Crippen molar-refractivity contribution < 1.29 is 0 Å². The van der Waals surface area contributed by atoms with Crippen molar-refractivity contribution in [1.29, 1.82) is 0 Å². The van der Waals surface area contributed by atoms with Crippen LogP contribution in [-0.4, -0.2) is 9.13 Å². The van der Waals surface area contributed by atoms with Gasteiger partial charge >= 0.3 is 0 Å². The van der Waals surface area contributed by atoms with Crippen LogP contribution in [0.1, 0.15) is 42.3 Å². The molecule has 1 aliphatic heterocycles. The summed E-state index contributed by atoms with van der Waals surface area (Å²) < 4.78 is 6.24. The lowest BCUT2D eigenvalue weighted by Gasteiger charge is -2.24. The zero-order chi connectivity index (χ0) is 38.7. The van der Waals surface area contributed by atoms with Crippen LogP contribution < -0.4 is 0 Å². The standard InChI is InChI=1S/C52H38N2S3/c1-7-15-43-33(9-3)38-29-30(21-26-44(38)55-43)53-40-17-12-11-16-34(40)37-28-31(20-24-41(37)53)54-42-25-22-35-32(8-2)39(10-4)52(5,6)49(35)48(42)36-23-27-47-51(50(36)54)57-46-19-14-13-18-45(46)56-47/h7-29H,2-4H2,1,5-6H3/b15-7-. The third-order valence-electron chi connectivity index (χ3n) is 12.0. The number of aromatic nitrogens is 2. The second kappa shape index (κ2) is 12.6. The van der Waals surface area contributed by atoms with E-state index in [-0.39, 0.29) is 5.41 Å². The monoisotopic (exact) mass is 786 g/mol. The first-order chi connectivity index (χ1) is 27.9. The molecule has 2 nitrogen and oxygen atoms in total. The number of nitrogens with zero attached hydrogens (tertiary/aromatic N) is 2. The number of hydrogen-bond acceptors (Lipinski definition) is 3. The molecule has 0 spiro atoms. The molecule has 6 aromatic carbocycles. The fourth-order valence-corrected chi connectivity index (χ4v) is 13.2. The molecule has 0 N–H and O–H groups in total. The largest absolute Gasteiger partial charge is 0.309 e. The van der Waals surface area contributed by atoms with Crippen LogP contribution in [0.4, 0.5) is 0 Å². The van der Waals surface area contributed by atoms with E-state index in [9.17, 15) is 0 Å². The quantitative estimate of drug-likeness (QED) is 0.166. The Kier molecular flexibility index (Phi) is 7.66. The van der Waals surface area contributed by atoms with Gasteiger partial charge in [-0.3, -0.25) is 0 Å². The number of fused-ring (bicyclic) bond motifs is 12. The van der Waals surface area contributed by atoms with E-state index >= 15 is 0 Å². The molecule has 0 saturated carbocycles. The Hall–Kier alpha value is -5.72. The summed E-state index contributed by atoms with van der Waals surface area (Å²) in [5, 5.41) is 6.27. The molecule has 3 aromatic heterocycles. The lowest BCUT2D eigenvalue weighted by atomic mass is 9.79. The van der Waals surface area contributed by atoms with Gasteiger partial charge in [-0.2, -0.15) is 0 Å². The number of para-hydroxylation sites is 1. The molecule has 57 heavy (non-hydrogen) atoms. The van der Waals surface area contributed by atoms with E-state index < -0.39 is 0 Å². The van der Waals surface area contributed by atoms with Crippen LogP contribution in [-0.2, 0) is 5.41 Å². The van der Waals surface area contributed by atoms with Gasteiger partial charge in [0.2, 0.25) is 0 Å². The molecule has 0 saturated heterocycles. The Morgan fingerprint density at radius 3 is 2.12 bits per heavy atom. The van der Waals surface area contributed by atoms with Crippen molar-refractivity contribution in [2.45, 2.75) is 45.8 Å². The van der Waals surface area contributed by atoms with E-state index in [1.54, 1.807) is 0 Å². The summed E-state index contributed by atoms with van der Waals surface area (Å²) in [7, 11) is 0. The molecule has 274 valence electrons. The summed E-state index contributed by atoms with van der Waals surface area (Å²) in [6, 6.07) is 40.9. The van der Waals surface area contributed by atoms with Crippen molar-refractivity contribution in [3.05, 3.63) is 174 Å². The van der Waals surface area contributed by atoms with Crippen molar-refractivity contribution in [1.82, 2.24) is 9.13 Å². The molecule has 0 bridgehead atoms. The normalized spacial score (nSPS) is 14.6. The van der Waals surface area contributed by atoms with E-state index in [0.29, 0.717) is 0 Å². The van der Waals surface area contributed by atoms with Crippen molar-refractivity contribution in [2.75, 3.05) is 0 Å². The Balaban J connectivity index is 1.21. The van der Waals surface area contributed by atoms with Gasteiger partial charge in [0.05, 0.1) is 27.0 Å². The van der Waals surface area contributed by atoms with Crippen molar-refractivity contribution in [2.24, 2.45) is 0 Å². The minimum atomic E-state index is -0.246. The average Bonchev–Trinajstić information content (AvgIpc) is 3.93. The highest BCUT2D eigenvalue weighted by atomic mass is 32.2. The summed E-state index contributed by atoms with van der Waals surface area (Å²) in [6.07, 6.45) is 10.3. The van der Waals surface area contributed by atoms with Crippen molar-refractivity contribution >= 4 is 106 Å². The minimum absolute atomic E-state index is 0.246. The topological polar surface area (TPSA) is 9.86 Å². The lowest BCUT2D eigenvalue weighted by Crippen LogP contribution is -2.16. The lowest BCUT2D eigenvalue weighted by molar-refractivity contribution is 0.661. The first-order valence-corrected chi connectivity index (χ1v) is 21.8. The Morgan fingerprint density at radius 2 is 1.33 bits per heavy atom. The molecule has 0 fully saturated rings. The Bertz CT molecular complexity index is 3340. The van der Waals surface area contributed by atoms with Crippen LogP contribution in [0.25, 0.3) is 82.8 Å². The summed E-state index contributed by atoms with van der Waals surface area (Å²) in [4.78, 5) is 6.45. The second-order valence-electron chi connectivity index (χ2n) is 15.3. The first-order valence-electron chi connectivity index (χ1n) is 19.3. The number of benzene rings is 6. The highest BCUT2D eigenvalue weighted by molar-refractivity contribution is 8.05. The van der Waals surface area contributed by atoms with Crippen LogP contribution in [0.2, 0.25) is 0 Å². The predicted octanol–water partition coefficient (Wildman–Crippen LogP) is 15.8. The van der Waals surface area contributed by atoms with Crippen molar-refractivity contribution in [3.8, 4) is 11.4 Å². The summed E-state index contributed by atoms with van der Waals surface area (Å²) in [5.74, 6) is 0. The molecule has 0 atom stereocenters.